The highest BCUT2D eigenvalue weighted by Gasteiger charge is 2.04. The standard InChI is InChI=1S/C9H16N2.2C2H6.H2/c1-6(2)5-9-7(3)10-8(4)11-9;2*1-2;/h6H,5H2,1-4H3,(H,10,11);2*1-2H3;1H. The normalized spacial score (nSPS) is 8.87. The Bertz CT molecular complexity index is 242. The monoisotopic (exact) mass is 214 g/mol. The summed E-state index contributed by atoms with van der Waals surface area (Å²) in [6.07, 6.45) is 1.08. The maximum absolute atomic E-state index is 4.39. The second-order valence-electron chi connectivity index (χ2n) is 3.49. The van der Waals surface area contributed by atoms with Crippen molar-refractivity contribution >= 4 is 0 Å². The quantitative estimate of drug-likeness (QED) is 0.770. The minimum atomic E-state index is 0. The van der Waals surface area contributed by atoms with Gasteiger partial charge in [-0.3, -0.25) is 0 Å². The van der Waals surface area contributed by atoms with Gasteiger partial charge in [-0.05, 0) is 26.2 Å². The van der Waals surface area contributed by atoms with Crippen LogP contribution in [0.25, 0.3) is 0 Å². The lowest BCUT2D eigenvalue weighted by Gasteiger charge is -2.00. The Morgan fingerprint density at radius 3 is 1.87 bits per heavy atom. The van der Waals surface area contributed by atoms with Crippen LogP contribution in [-0.2, 0) is 6.42 Å². The summed E-state index contributed by atoms with van der Waals surface area (Å²) in [6.45, 7) is 16.5. The van der Waals surface area contributed by atoms with Crippen LogP contribution < -0.4 is 0 Å². The molecule has 0 aliphatic carbocycles. The third-order valence-corrected chi connectivity index (χ3v) is 1.71. The lowest BCUT2D eigenvalue weighted by atomic mass is 10.1. The lowest BCUT2D eigenvalue weighted by Crippen LogP contribution is -1.96. The van der Waals surface area contributed by atoms with Crippen molar-refractivity contribution < 1.29 is 1.43 Å². The number of imidazole rings is 1. The van der Waals surface area contributed by atoms with Gasteiger partial charge in [0.1, 0.15) is 5.82 Å². The first kappa shape index (κ1) is 16.6. The van der Waals surface area contributed by atoms with E-state index in [2.05, 4.69) is 30.7 Å². The number of rotatable bonds is 2. The largest absolute Gasteiger partial charge is 0.346 e. The molecule has 1 rings (SSSR count). The van der Waals surface area contributed by atoms with Gasteiger partial charge >= 0.3 is 0 Å². The van der Waals surface area contributed by atoms with Crippen molar-refractivity contribution in [2.45, 2.75) is 61.8 Å². The zero-order chi connectivity index (χ0) is 12.4. The van der Waals surface area contributed by atoms with Crippen LogP contribution >= 0.6 is 0 Å². The average molecular weight is 214 g/mol. The van der Waals surface area contributed by atoms with E-state index >= 15 is 0 Å². The SMILES string of the molecule is CC.CC.Cc1nc(CC(C)C)c(C)[nH]1.[HH]. The molecule has 2 heteroatoms. The highest BCUT2D eigenvalue weighted by Crippen LogP contribution is 2.09. The summed E-state index contributed by atoms with van der Waals surface area (Å²) in [5.41, 5.74) is 2.44. The molecule has 0 amide bonds. The predicted molar refractivity (Wildman–Crippen MR) is 71.4 cm³/mol. The third-order valence-electron chi connectivity index (χ3n) is 1.71. The molecule has 0 fully saturated rings. The Morgan fingerprint density at radius 2 is 1.60 bits per heavy atom. The van der Waals surface area contributed by atoms with Gasteiger partial charge in [0.05, 0.1) is 5.69 Å². The maximum Gasteiger partial charge on any atom is 0.103 e. The van der Waals surface area contributed by atoms with Crippen molar-refractivity contribution in [1.29, 1.82) is 0 Å². The molecule has 0 aromatic carbocycles. The fourth-order valence-electron chi connectivity index (χ4n) is 1.24. The van der Waals surface area contributed by atoms with Crippen molar-refractivity contribution in [1.82, 2.24) is 9.97 Å². The molecule has 0 saturated carbocycles. The molecular weight excluding hydrogens is 184 g/mol. The highest BCUT2D eigenvalue weighted by molar-refractivity contribution is 5.12. The number of nitrogens with one attached hydrogen (secondary N) is 1. The van der Waals surface area contributed by atoms with E-state index in [0.717, 1.165) is 12.2 Å². The van der Waals surface area contributed by atoms with E-state index in [-0.39, 0.29) is 1.43 Å². The molecule has 0 atom stereocenters. The van der Waals surface area contributed by atoms with E-state index in [4.69, 9.17) is 0 Å². The number of aromatic nitrogens is 2. The first-order valence-corrected chi connectivity index (χ1v) is 6.11. The van der Waals surface area contributed by atoms with Gasteiger partial charge in [-0.1, -0.05) is 41.5 Å². The van der Waals surface area contributed by atoms with E-state index in [1.54, 1.807) is 0 Å². The molecule has 1 N–H and O–H groups in total. The lowest BCUT2D eigenvalue weighted by molar-refractivity contribution is 0.634. The molecule has 0 bridgehead atoms. The smallest absolute Gasteiger partial charge is 0.103 e. The van der Waals surface area contributed by atoms with Crippen LogP contribution in [0.15, 0.2) is 0 Å². The van der Waals surface area contributed by atoms with Crippen molar-refractivity contribution in [2.24, 2.45) is 5.92 Å². The van der Waals surface area contributed by atoms with Crippen molar-refractivity contribution in [3.05, 3.63) is 17.2 Å². The average Bonchev–Trinajstić information content (AvgIpc) is 2.51. The summed E-state index contributed by atoms with van der Waals surface area (Å²) in [5, 5.41) is 0. The summed E-state index contributed by atoms with van der Waals surface area (Å²) in [7, 11) is 0. The van der Waals surface area contributed by atoms with Crippen molar-refractivity contribution in [3.8, 4) is 0 Å². The number of hydrogen-bond acceptors (Lipinski definition) is 1. The van der Waals surface area contributed by atoms with Crippen LogP contribution in [0.1, 0.15) is 60.2 Å². The Hall–Kier alpha value is -0.790. The van der Waals surface area contributed by atoms with E-state index in [0.29, 0.717) is 5.92 Å². The maximum atomic E-state index is 4.39. The van der Waals surface area contributed by atoms with E-state index in [1.807, 2.05) is 34.6 Å². The van der Waals surface area contributed by atoms with Gasteiger partial charge in [-0.2, -0.15) is 0 Å². The Balaban J connectivity index is -0.000000305. The van der Waals surface area contributed by atoms with Crippen molar-refractivity contribution in [2.75, 3.05) is 0 Å². The topological polar surface area (TPSA) is 28.7 Å². The molecule has 1 aromatic rings. The molecule has 0 spiro atoms. The van der Waals surface area contributed by atoms with Gasteiger partial charge in [0.25, 0.3) is 0 Å². The van der Waals surface area contributed by atoms with E-state index in [9.17, 15) is 0 Å². The number of hydrogen-bond donors (Lipinski definition) is 1. The summed E-state index contributed by atoms with van der Waals surface area (Å²) in [4.78, 5) is 7.60. The first-order valence-electron chi connectivity index (χ1n) is 6.11. The third kappa shape index (κ3) is 7.18. The molecular formula is C13H30N2. The molecule has 92 valence electrons. The second kappa shape index (κ2) is 9.75. The highest BCUT2D eigenvalue weighted by atomic mass is 14.9. The fraction of sp³-hybridized carbons (Fsp3) is 0.769. The first-order chi connectivity index (χ1) is 7.09. The molecule has 0 unspecified atom stereocenters. The molecule has 0 radical (unpaired) electrons. The summed E-state index contributed by atoms with van der Waals surface area (Å²) < 4.78 is 0. The van der Waals surface area contributed by atoms with Crippen LogP contribution in [0.5, 0.6) is 0 Å². The van der Waals surface area contributed by atoms with E-state index in [1.165, 1.54) is 11.4 Å². The van der Waals surface area contributed by atoms with Gasteiger partial charge in [0.15, 0.2) is 0 Å². The van der Waals surface area contributed by atoms with Crippen LogP contribution in [0.2, 0.25) is 0 Å². The Labute approximate surface area is 97.0 Å². The number of H-pyrrole nitrogens is 1. The van der Waals surface area contributed by atoms with Crippen LogP contribution in [0, 0.1) is 19.8 Å². The molecule has 1 heterocycles. The van der Waals surface area contributed by atoms with Crippen LogP contribution in [0.4, 0.5) is 0 Å². The number of aryl methyl sites for hydroxylation is 2. The minimum absolute atomic E-state index is 0. The summed E-state index contributed by atoms with van der Waals surface area (Å²) in [5.74, 6) is 1.72. The van der Waals surface area contributed by atoms with Gasteiger partial charge < -0.3 is 4.98 Å². The molecule has 0 saturated heterocycles. The van der Waals surface area contributed by atoms with Crippen LogP contribution in [0.3, 0.4) is 0 Å². The molecule has 1 aromatic heterocycles. The molecule has 2 nitrogen and oxygen atoms in total. The molecule has 0 aliphatic rings. The number of aromatic amines is 1. The minimum Gasteiger partial charge on any atom is -0.346 e. The van der Waals surface area contributed by atoms with Gasteiger partial charge in [0, 0.05) is 7.12 Å². The Kier molecular flexibility index (Phi) is 10.8. The predicted octanol–water partition coefficient (Wildman–Crippen LogP) is 4.52. The van der Waals surface area contributed by atoms with Crippen LogP contribution in [-0.4, -0.2) is 9.97 Å². The molecule has 0 aliphatic heterocycles. The number of nitrogens with zero attached hydrogens (tertiary/aromatic N) is 1. The summed E-state index contributed by atoms with van der Waals surface area (Å²) >= 11 is 0. The Morgan fingerprint density at radius 1 is 1.13 bits per heavy atom. The fourth-order valence-corrected chi connectivity index (χ4v) is 1.24. The van der Waals surface area contributed by atoms with Gasteiger partial charge in [-0.15, -0.1) is 0 Å². The zero-order valence-electron chi connectivity index (χ0n) is 11.7. The van der Waals surface area contributed by atoms with Gasteiger partial charge in [0.2, 0.25) is 0 Å². The van der Waals surface area contributed by atoms with E-state index < -0.39 is 0 Å². The van der Waals surface area contributed by atoms with Crippen molar-refractivity contribution in [3.63, 3.8) is 0 Å². The van der Waals surface area contributed by atoms with Gasteiger partial charge in [-0.25, -0.2) is 4.98 Å². The molecule has 15 heavy (non-hydrogen) atoms. The zero-order valence-corrected chi connectivity index (χ0v) is 11.7. The summed E-state index contributed by atoms with van der Waals surface area (Å²) in [6, 6.07) is 0. The second-order valence-corrected chi connectivity index (χ2v) is 3.49.